The third-order valence-corrected chi connectivity index (χ3v) is 6.45. The predicted molar refractivity (Wildman–Crippen MR) is 129 cm³/mol. The van der Waals surface area contributed by atoms with Crippen LogP contribution in [-0.4, -0.2) is 34.8 Å². The molecule has 1 amide bonds. The predicted octanol–water partition coefficient (Wildman–Crippen LogP) is 4.30. The van der Waals surface area contributed by atoms with E-state index in [1.807, 2.05) is 13.0 Å². The van der Waals surface area contributed by atoms with Gasteiger partial charge in [0.15, 0.2) is 11.5 Å². The molecule has 0 aliphatic carbocycles. The van der Waals surface area contributed by atoms with Crippen LogP contribution in [0.2, 0.25) is 0 Å². The first-order valence-electron chi connectivity index (χ1n) is 10.5. The molecular formula is C25H27FN2O5S. The average Bonchev–Trinajstić information content (AvgIpc) is 2.82. The summed E-state index contributed by atoms with van der Waals surface area (Å²) in [5, 5.41) is 2.92. The van der Waals surface area contributed by atoms with E-state index in [0.717, 1.165) is 11.8 Å². The van der Waals surface area contributed by atoms with E-state index in [-0.39, 0.29) is 18.5 Å². The number of anilines is 1. The molecule has 0 aliphatic heterocycles. The second-order valence-corrected chi connectivity index (χ2v) is 9.66. The molecule has 9 heteroatoms. The fourth-order valence-electron chi connectivity index (χ4n) is 3.42. The van der Waals surface area contributed by atoms with Gasteiger partial charge in [-0.2, -0.15) is 0 Å². The maximum absolute atomic E-state index is 13.2. The molecule has 1 N–H and O–H groups in total. The number of methoxy groups -OCH3 is 2. The van der Waals surface area contributed by atoms with Gasteiger partial charge in [-0.15, -0.1) is 0 Å². The number of amides is 1. The summed E-state index contributed by atoms with van der Waals surface area (Å²) in [6.07, 6.45) is 1.10. The second kappa shape index (κ2) is 10.6. The smallest absolute Gasteiger partial charge is 0.251 e. The lowest BCUT2D eigenvalue weighted by Crippen LogP contribution is -2.29. The summed E-state index contributed by atoms with van der Waals surface area (Å²) in [5.74, 6) is 0.453. The summed E-state index contributed by atoms with van der Waals surface area (Å²) >= 11 is 0. The standard InChI is InChI=1S/C25H27FN2O5S/c1-17(20-9-14-23(32-2)24(15-20)33-3)27-25(29)19-7-12-22(13-8-19)28(34(4,30)31)16-18-5-10-21(26)11-6-18/h5-15,17H,16H2,1-4H3,(H,27,29). The van der Waals surface area contributed by atoms with Gasteiger partial charge >= 0.3 is 0 Å². The van der Waals surface area contributed by atoms with E-state index < -0.39 is 15.8 Å². The summed E-state index contributed by atoms with van der Waals surface area (Å²) < 4.78 is 49.7. The first-order valence-corrected chi connectivity index (χ1v) is 12.3. The molecule has 0 fully saturated rings. The molecule has 0 aromatic heterocycles. The molecule has 7 nitrogen and oxygen atoms in total. The molecule has 0 spiro atoms. The van der Waals surface area contributed by atoms with Crippen molar-refractivity contribution in [1.29, 1.82) is 0 Å². The van der Waals surface area contributed by atoms with Crippen LogP contribution in [0.4, 0.5) is 10.1 Å². The van der Waals surface area contributed by atoms with Crippen molar-refractivity contribution in [3.63, 3.8) is 0 Å². The van der Waals surface area contributed by atoms with Crippen LogP contribution in [0.3, 0.4) is 0 Å². The van der Waals surface area contributed by atoms with E-state index in [1.165, 1.54) is 28.6 Å². The molecular weight excluding hydrogens is 459 g/mol. The van der Waals surface area contributed by atoms with Crippen LogP contribution < -0.4 is 19.1 Å². The van der Waals surface area contributed by atoms with Crippen LogP contribution >= 0.6 is 0 Å². The fourth-order valence-corrected chi connectivity index (χ4v) is 4.31. The molecule has 0 radical (unpaired) electrons. The van der Waals surface area contributed by atoms with Crippen molar-refractivity contribution in [3.8, 4) is 11.5 Å². The number of hydrogen-bond acceptors (Lipinski definition) is 5. The van der Waals surface area contributed by atoms with Crippen molar-refractivity contribution >= 4 is 21.6 Å². The van der Waals surface area contributed by atoms with Crippen LogP contribution in [0, 0.1) is 5.82 Å². The van der Waals surface area contributed by atoms with Crippen LogP contribution in [0.15, 0.2) is 66.7 Å². The first-order chi connectivity index (χ1) is 16.1. The number of nitrogens with one attached hydrogen (secondary N) is 1. The number of hydrogen-bond donors (Lipinski definition) is 1. The lowest BCUT2D eigenvalue weighted by Gasteiger charge is -2.23. The van der Waals surface area contributed by atoms with Crippen molar-refractivity contribution in [1.82, 2.24) is 5.32 Å². The maximum atomic E-state index is 13.2. The van der Waals surface area contributed by atoms with Gasteiger partial charge in [-0.1, -0.05) is 18.2 Å². The van der Waals surface area contributed by atoms with Gasteiger partial charge < -0.3 is 14.8 Å². The Balaban J connectivity index is 1.75. The molecule has 180 valence electrons. The Labute approximate surface area is 199 Å². The largest absolute Gasteiger partial charge is 0.493 e. The normalized spacial score (nSPS) is 12.0. The van der Waals surface area contributed by atoms with Gasteiger partial charge in [-0.25, -0.2) is 12.8 Å². The van der Waals surface area contributed by atoms with E-state index in [4.69, 9.17) is 9.47 Å². The van der Waals surface area contributed by atoms with Gasteiger partial charge in [-0.3, -0.25) is 9.10 Å². The molecule has 0 heterocycles. The zero-order valence-electron chi connectivity index (χ0n) is 19.4. The van der Waals surface area contributed by atoms with Gasteiger partial charge in [0.05, 0.1) is 38.7 Å². The summed E-state index contributed by atoms with van der Waals surface area (Å²) in [4.78, 5) is 12.8. The van der Waals surface area contributed by atoms with Crippen LogP contribution in [0.5, 0.6) is 11.5 Å². The van der Waals surface area contributed by atoms with E-state index >= 15 is 0 Å². The average molecular weight is 487 g/mol. The van der Waals surface area contributed by atoms with Crippen LogP contribution in [0.25, 0.3) is 0 Å². The minimum Gasteiger partial charge on any atom is -0.493 e. The molecule has 3 aromatic carbocycles. The summed E-state index contributed by atoms with van der Waals surface area (Å²) in [6.45, 7) is 1.89. The molecule has 34 heavy (non-hydrogen) atoms. The summed E-state index contributed by atoms with van der Waals surface area (Å²) in [7, 11) is -0.513. The molecule has 0 aliphatic rings. The minimum atomic E-state index is -3.61. The molecule has 1 unspecified atom stereocenters. The molecule has 3 rings (SSSR count). The van der Waals surface area contributed by atoms with Crippen molar-refractivity contribution in [3.05, 3.63) is 89.2 Å². The highest BCUT2D eigenvalue weighted by Crippen LogP contribution is 2.30. The molecule has 1 atom stereocenters. The highest BCUT2D eigenvalue weighted by molar-refractivity contribution is 7.92. The van der Waals surface area contributed by atoms with Gasteiger partial charge in [0.25, 0.3) is 5.91 Å². The fraction of sp³-hybridized carbons (Fsp3) is 0.240. The van der Waals surface area contributed by atoms with Crippen LogP contribution in [0.1, 0.15) is 34.5 Å². The topological polar surface area (TPSA) is 84.9 Å². The van der Waals surface area contributed by atoms with Gasteiger partial charge in [0.1, 0.15) is 5.82 Å². The zero-order valence-corrected chi connectivity index (χ0v) is 20.2. The summed E-state index contributed by atoms with van der Waals surface area (Å²) in [6, 6.07) is 17.0. The number of ether oxygens (including phenoxy) is 2. The summed E-state index contributed by atoms with van der Waals surface area (Å²) in [5.41, 5.74) is 2.25. The third-order valence-electron chi connectivity index (χ3n) is 5.31. The Hall–Kier alpha value is -3.59. The monoisotopic (exact) mass is 486 g/mol. The Kier molecular flexibility index (Phi) is 7.78. The molecule has 0 saturated heterocycles. The molecule has 3 aromatic rings. The number of nitrogens with zero attached hydrogens (tertiary/aromatic N) is 1. The van der Waals surface area contributed by atoms with E-state index in [9.17, 15) is 17.6 Å². The van der Waals surface area contributed by atoms with Crippen molar-refractivity contribution in [2.75, 3.05) is 24.8 Å². The van der Waals surface area contributed by atoms with Crippen LogP contribution in [-0.2, 0) is 16.6 Å². The highest BCUT2D eigenvalue weighted by Gasteiger charge is 2.19. The van der Waals surface area contributed by atoms with Gasteiger partial charge in [-0.05, 0) is 66.6 Å². The molecule has 0 saturated carbocycles. The Morgan fingerprint density at radius 2 is 1.59 bits per heavy atom. The first kappa shape index (κ1) is 25.0. The number of halogens is 1. The van der Waals surface area contributed by atoms with Gasteiger partial charge in [0.2, 0.25) is 10.0 Å². The van der Waals surface area contributed by atoms with Crippen molar-refractivity contribution in [2.45, 2.75) is 19.5 Å². The van der Waals surface area contributed by atoms with E-state index in [0.29, 0.717) is 28.3 Å². The molecule has 0 bridgehead atoms. The Bertz CT molecular complexity index is 1250. The third kappa shape index (κ3) is 6.05. The number of carbonyl (C=O) groups excluding carboxylic acids is 1. The number of sulfonamides is 1. The lowest BCUT2D eigenvalue weighted by molar-refractivity contribution is 0.0940. The van der Waals surface area contributed by atoms with Gasteiger partial charge in [0, 0.05) is 5.56 Å². The van der Waals surface area contributed by atoms with E-state index in [2.05, 4.69) is 5.32 Å². The van der Waals surface area contributed by atoms with Crippen molar-refractivity contribution in [2.24, 2.45) is 0 Å². The Morgan fingerprint density at radius 1 is 0.971 bits per heavy atom. The zero-order chi connectivity index (χ0) is 24.9. The number of rotatable bonds is 9. The van der Waals surface area contributed by atoms with E-state index in [1.54, 1.807) is 50.6 Å². The minimum absolute atomic E-state index is 0.0427. The SMILES string of the molecule is COc1ccc(C(C)NC(=O)c2ccc(N(Cc3ccc(F)cc3)S(C)(=O)=O)cc2)cc1OC. The maximum Gasteiger partial charge on any atom is 0.251 e. The lowest BCUT2D eigenvalue weighted by atomic mass is 10.1. The number of carbonyl (C=O) groups is 1. The second-order valence-electron chi connectivity index (χ2n) is 7.75. The Morgan fingerprint density at radius 3 is 2.15 bits per heavy atom. The number of benzene rings is 3. The quantitative estimate of drug-likeness (QED) is 0.488. The highest BCUT2D eigenvalue weighted by atomic mass is 32.2. The van der Waals surface area contributed by atoms with Crippen molar-refractivity contribution < 1.29 is 27.1 Å².